The van der Waals surface area contributed by atoms with Crippen molar-refractivity contribution >= 4 is 28.9 Å². The fourth-order valence-corrected chi connectivity index (χ4v) is 2.07. The van der Waals surface area contributed by atoms with Gasteiger partial charge in [-0.25, -0.2) is 0 Å². The Kier molecular flexibility index (Phi) is 3.07. The van der Waals surface area contributed by atoms with Crippen LogP contribution >= 0.6 is 22.9 Å². The molecule has 2 aromatic rings. The second kappa shape index (κ2) is 4.35. The van der Waals surface area contributed by atoms with Crippen LogP contribution in [0.15, 0.2) is 11.4 Å². The molecule has 0 unspecified atom stereocenters. The third-order valence-electron chi connectivity index (χ3n) is 1.99. The Morgan fingerprint density at radius 2 is 2.00 bits per heavy atom. The summed E-state index contributed by atoms with van der Waals surface area (Å²) >= 11 is 7.53. The minimum absolute atomic E-state index is 0.220. The van der Waals surface area contributed by atoms with E-state index in [1.165, 1.54) is 4.88 Å². The zero-order valence-electron chi connectivity index (χ0n) is 9.23. The van der Waals surface area contributed by atoms with Gasteiger partial charge in [0, 0.05) is 29.9 Å². The molecular formula is C10H11ClN4S. The van der Waals surface area contributed by atoms with Crippen molar-refractivity contribution < 1.29 is 0 Å². The summed E-state index contributed by atoms with van der Waals surface area (Å²) in [7, 11) is 3.74. The predicted molar refractivity (Wildman–Crippen MR) is 67.2 cm³/mol. The van der Waals surface area contributed by atoms with E-state index >= 15 is 0 Å². The van der Waals surface area contributed by atoms with Gasteiger partial charge in [-0.1, -0.05) is 0 Å². The quantitative estimate of drug-likeness (QED) is 0.826. The largest absolute Gasteiger partial charge is 0.347 e. The van der Waals surface area contributed by atoms with Crippen LogP contribution in [0.5, 0.6) is 0 Å². The smallest absolute Gasteiger partial charge is 0.229 e. The van der Waals surface area contributed by atoms with Gasteiger partial charge in [0.2, 0.25) is 11.2 Å². The fraction of sp³-hybridized carbons (Fsp3) is 0.300. The van der Waals surface area contributed by atoms with Gasteiger partial charge in [0.1, 0.15) is 0 Å². The van der Waals surface area contributed by atoms with Gasteiger partial charge < -0.3 is 4.90 Å². The molecule has 2 heterocycles. The average molecular weight is 255 g/mol. The van der Waals surface area contributed by atoms with Gasteiger partial charge in [-0.05, 0) is 24.6 Å². The second-order valence-electron chi connectivity index (χ2n) is 3.57. The maximum atomic E-state index is 5.87. The van der Waals surface area contributed by atoms with Crippen LogP contribution in [0.25, 0.3) is 11.4 Å². The van der Waals surface area contributed by atoms with E-state index in [2.05, 4.69) is 15.0 Å². The zero-order chi connectivity index (χ0) is 11.7. The molecule has 0 amide bonds. The number of rotatable bonds is 2. The number of anilines is 1. The second-order valence-corrected chi connectivity index (χ2v) is 5.02. The predicted octanol–water partition coefficient (Wildman–Crippen LogP) is 2.63. The third kappa shape index (κ3) is 2.31. The number of aromatic nitrogens is 3. The van der Waals surface area contributed by atoms with Crippen molar-refractivity contribution in [1.29, 1.82) is 0 Å². The van der Waals surface area contributed by atoms with Gasteiger partial charge in [-0.2, -0.15) is 15.0 Å². The molecule has 0 aliphatic heterocycles. The molecule has 0 spiro atoms. The molecule has 0 fully saturated rings. The highest BCUT2D eigenvalue weighted by Crippen LogP contribution is 2.23. The Labute approximate surface area is 103 Å². The zero-order valence-corrected chi connectivity index (χ0v) is 10.8. The normalized spacial score (nSPS) is 10.5. The maximum Gasteiger partial charge on any atom is 0.229 e. The monoisotopic (exact) mass is 254 g/mol. The summed E-state index contributed by atoms with van der Waals surface area (Å²) < 4.78 is 0. The molecule has 0 N–H and O–H groups in total. The number of hydrogen-bond acceptors (Lipinski definition) is 5. The van der Waals surface area contributed by atoms with Crippen LogP contribution in [0.2, 0.25) is 5.28 Å². The molecule has 0 saturated heterocycles. The minimum atomic E-state index is 0.220. The molecule has 0 radical (unpaired) electrons. The van der Waals surface area contributed by atoms with Crippen molar-refractivity contribution in [2.75, 3.05) is 19.0 Å². The lowest BCUT2D eigenvalue weighted by molar-refractivity contribution is 0.962. The molecule has 0 bridgehead atoms. The van der Waals surface area contributed by atoms with Crippen LogP contribution in [0.1, 0.15) is 4.88 Å². The first-order valence-electron chi connectivity index (χ1n) is 4.70. The number of hydrogen-bond donors (Lipinski definition) is 0. The highest BCUT2D eigenvalue weighted by atomic mass is 35.5. The molecule has 0 saturated carbocycles. The lowest BCUT2D eigenvalue weighted by atomic mass is 10.3. The number of halogens is 1. The van der Waals surface area contributed by atoms with Gasteiger partial charge in [-0.3, -0.25) is 0 Å². The van der Waals surface area contributed by atoms with Gasteiger partial charge in [0.25, 0.3) is 0 Å². The molecule has 0 aliphatic carbocycles. The van der Waals surface area contributed by atoms with Crippen molar-refractivity contribution in [2.45, 2.75) is 6.92 Å². The average Bonchev–Trinajstić information content (AvgIpc) is 2.64. The Bertz CT molecular complexity index is 509. The number of nitrogens with zero attached hydrogens (tertiary/aromatic N) is 4. The van der Waals surface area contributed by atoms with Gasteiger partial charge in [0.05, 0.1) is 0 Å². The molecule has 84 valence electrons. The number of aryl methyl sites for hydroxylation is 1. The Morgan fingerprint density at radius 3 is 2.56 bits per heavy atom. The first-order valence-corrected chi connectivity index (χ1v) is 5.96. The van der Waals surface area contributed by atoms with Crippen LogP contribution in [-0.2, 0) is 0 Å². The Morgan fingerprint density at radius 1 is 1.25 bits per heavy atom. The minimum Gasteiger partial charge on any atom is -0.347 e. The highest BCUT2D eigenvalue weighted by Gasteiger charge is 2.09. The Hall–Kier alpha value is -1.20. The lowest BCUT2D eigenvalue weighted by Gasteiger charge is -2.10. The van der Waals surface area contributed by atoms with Crippen molar-refractivity contribution in [3.63, 3.8) is 0 Å². The molecule has 2 rings (SSSR count). The van der Waals surface area contributed by atoms with Crippen LogP contribution in [-0.4, -0.2) is 29.0 Å². The summed E-state index contributed by atoms with van der Waals surface area (Å²) in [4.78, 5) is 15.5. The maximum absolute atomic E-state index is 5.87. The summed E-state index contributed by atoms with van der Waals surface area (Å²) in [6.45, 7) is 2.05. The van der Waals surface area contributed by atoms with Gasteiger partial charge >= 0.3 is 0 Å². The standard InChI is InChI=1S/C10H11ClN4S/c1-6-4-7(5-16-6)8-12-9(11)14-10(13-8)15(2)3/h4-5H,1-3H3. The fourth-order valence-electron chi connectivity index (χ4n) is 1.23. The van der Waals surface area contributed by atoms with Crippen molar-refractivity contribution in [2.24, 2.45) is 0 Å². The summed E-state index contributed by atoms with van der Waals surface area (Å²) in [5, 5.41) is 2.23. The molecule has 4 nitrogen and oxygen atoms in total. The van der Waals surface area contributed by atoms with E-state index in [1.807, 2.05) is 32.5 Å². The van der Waals surface area contributed by atoms with E-state index in [4.69, 9.17) is 11.6 Å². The first-order chi connectivity index (χ1) is 7.56. The van der Waals surface area contributed by atoms with E-state index in [1.54, 1.807) is 16.2 Å². The molecule has 0 aliphatic rings. The van der Waals surface area contributed by atoms with Gasteiger partial charge in [0.15, 0.2) is 5.82 Å². The molecule has 6 heteroatoms. The molecule has 16 heavy (non-hydrogen) atoms. The van der Waals surface area contributed by atoms with Crippen molar-refractivity contribution in [1.82, 2.24) is 15.0 Å². The van der Waals surface area contributed by atoms with Crippen LogP contribution in [0, 0.1) is 6.92 Å². The van der Waals surface area contributed by atoms with Gasteiger partial charge in [-0.15, -0.1) is 11.3 Å². The molecular weight excluding hydrogens is 244 g/mol. The van der Waals surface area contributed by atoms with Crippen LogP contribution < -0.4 is 4.90 Å². The first kappa shape index (κ1) is 11.3. The van der Waals surface area contributed by atoms with Crippen molar-refractivity contribution in [3.05, 3.63) is 21.6 Å². The van der Waals surface area contributed by atoms with E-state index in [0.717, 1.165) is 5.56 Å². The summed E-state index contributed by atoms with van der Waals surface area (Å²) in [5.74, 6) is 1.19. The van der Waals surface area contributed by atoms with E-state index < -0.39 is 0 Å². The van der Waals surface area contributed by atoms with Crippen LogP contribution in [0.3, 0.4) is 0 Å². The number of thiophene rings is 1. The van der Waals surface area contributed by atoms with Crippen molar-refractivity contribution in [3.8, 4) is 11.4 Å². The molecule has 2 aromatic heterocycles. The highest BCUT2D eigenvalue weighted by molar-refractivity contribution is 7.10. The summed E-state index contributed by atoms with van der Waals surface area (Å²) in [5.41, 5.74) is 0.981. The van der Waals surface area contributed by atoms with E-state index in [9.17, 15) is 0 Å². The van der Waals surface area contributed by atoms with E-state index in [0.29, 0.717) is 11.8 Å². The molecule has 0 atom stereocenters. The lowest BCUT2D eigenvalue weighted by Crippen LogP contribution is -2.13. The Balaban J connectivity index is 2.49. The van der Waals surface area contributed by atoms with Crippen LogP contribution in [0.4, 0.5) is 5.95 Å². The van der Waals surface area contributed by atoms with E-state index in [-0.39, 0.29) is 5.28 Å². The molecule has 0 aromatic carbocycles. The third-order valence-corrected chi connectivity index (χ3v) is 3.02. The SMILES string of the molecule is Cc1cc(-c2nc(Cl)nc(N(C)C)n2)cs1. The topological polar surface area (TPSA) is 41.9 Å². The summed E-state index contributed by atoms with van der Waals surface area (Å²) in [6, 6.07) is 2.04. The summed E-state index contributed by atoms with van der Waals surface area (Å²) in [6.07, 6.45) is 0.